The summed E-state index contributed by atoms with van der Waals surface area (Å²) < 4.78 is 0. The van der Waals surface area contributed by atoms with Crippen LogP contribution < -0.4 is 5.73 Å². The van der Waals surface area contributed by atoms with Crippen LogP contribution in [0.4, 0.5) is 5.69 Å². The van der Waals surface area contributed by atoms with Crippen molar-refractivity contribution in [2.24, 2.45) is 11.8 Å². The van der Waals surface area contributed by atoms with Crippen LogP contribution in [0.1, 0.15) is 39.2 Å². The SMILES string of the molecule is CC(C)C[C@H](C)CC(=N)c1ccccc1N. The molecule has 0 unspecified atom stereocenters. The van der Waals surface area contributed by atoms with Crippen molar-refractivity contribution in [1.29, 1.82) is 5.41 Å². The molecule has 3 N–H and O–H groups in total. The average Bonchev–Trinajstić information content (AvgIpc) is 2.16. The Balaban J connectivity index is 2.63. The molecule has 0 radical (unpaired) electrons. The molecule has 0 saturated heterocycles. The van der Waals surface area contributed by atoms with E-state index in [-0.39, 0.29) is 0 Å². The van der Waals surface area contributed by atoms with Crippen LogP contribution in [-0.4, -0.2) is 5.71 Å². The number of nitrogens with one attached hydrogen (secondary N) is 1. The molecule has 0 heterocycles. The van der Waals surface area contributed by atoms with E-state index in [9.17, 15) is 0 Å². The van der Waals surface area contributed by atoms with Crippen molar-refractivity contribution >= 4 is 11.4 Å². The summed E-state index contributed by atoms with van der Waals surface area (Å²) in [6.45, 7) is 6.64. The van der Waals surface area contributed by atoms with Crippen molar-refractivity contribution < 1.29 is 0 Å². The summed E-state index contributed by atoms with van der Waals surface area (Å²) in [4.78, 5) is 0. The highest BCUT2D eigenvalue weighted by atomic mass is 14.6. The zero-order valence-electron chi connectivity index (χ0n) is 10.5. The third-order valence-corrected chi connectivity index (χ3v) is 2.71. The molecule has 1 aromatic rings. The first kappa shape index (κ1) is 12.8. The fourth-order valence-electron chi connectivity index (χ4n) is 2.12. The first-order valence-electron chi connectivity index (χ1n) is 5.93. The number of nitrogens with two attached hydrogens (primary N) is 1. The lowest BCUT2D eigenvalue weighted by Crippen LogP contribution is -2.10. The van der Waals surface area contributed by atoms with E-state index in [0.717, 1.165) is 18.4 Å². The van der Waals surface area contributed by atoms with Gasteiger partial charge < -0.3 is 11.1 Å². The molecule has 0 aliphatic carbocycles. The highest BCUT2D eigenvalue weighted by Gasteiger charge is 2.11. The highest BCUT2D eigenvalue weighted by Crippen LogP contribution is 2.20. The number of para-hydroxylation sites is 1. The van der Waals surface area contributed by atoms with Crippen molar-refractivity contribution in [1.82, 2.24) is 0 Å². The second-order valence-electron chi connectivity index (χ2n) is 5.00. The molecule has 0 spiro atoms. The molecule has 0 aliphatic heterocycles. The molecule has 16 heavy (non-hydrogen) atoms. The zero-order chi connectivity index (χ0) is 12.1. The lowest BCUT2D eigenvalue weighted by atomic mass is 9.91. The summed E-state index contributed by atoms with van der Waals surface area (Å²) in [5.41, 5.74) is 8.12. The molecule has 0 aliphatic rings. The van der Waals surface area contributed by atoms with Gasteiger partial charge in [-0.25, -0.2) is 0 Å². The third-order valence-electron chi connectivity index (χ3n) is 2.71. The van der Waals surface area contributed by atoms with Crippen molar-refractivity contribution in [2.45, 2.75) is 33.6 Å². The Morgan fingerprint density at radius 1 is 1.25 bits per heavy atom. The third kappa shape index (κ3) is 3.69. The molecule has 2 heteroatoms. The molecule has 88 valence electrons. The van der Waals surface area contributed by atoms with Crippen LogP contribution in [0.25, 0.3) is 0 Å². The predicted octanol–water partition coefficient (Wildman–Crippen LogP) is 3.71. The van der Waals surface area contributed by atoms with E-state index in [2.05, 4.69) is 20.8 Å². The van der Waals surface area contributed by atoms with Gasteiger partial charge in [0, 0.05) is 17.0 Å². The molecule has 1 atom stereocenters. The van der Waals surface area contributed by atoms with Crippen molar-refractivity contribution in [3.8, 4) is 0 Å². The van der Waals surface area contributed by atoms with Gasteiger partial charge in [-0.2, -0.15) is 0 Å². The Morgan fingerprint density at radius 3 is 2.44 bits per heavy atom. The number of hydrogen-bond acceptors (Lipinski definition) is 2. The standard InChI is InChI=1S/C14H22N2/c1-10(2)8-11(3)9-14(16)12-6-4-5-7-13(12)15/h4-7,10-11,16H,8-9,15H2,1-3H3/t11-/m0/s1. The van der Waals surface area contributed by atoms with Gasteiger partial charge in [-0.3, -0.25) is 0 Å². The molecule has 1 aromatic carbocycles. The van der Waals surface area contributed by atoms with Crippen LogP contribution >= 0.6 is 0 Å². The molecule has 0 aromatic heterocycles. The van der Waals surface area contributed by atoms with E-state index in [1.165, 1.54) is 0 Å². The summed E-state index contributed by atoms with van der Waals surface area (Å²) in [6, 6.07) is 7.63. The van der Waals surface area contributed by atoms with E-state index in [4.69, 9.17) is 11.1 Å². The van der Waals surface area contributed by atoms with Gasteiger partial charge in [0.25, 0.3) is 0 Å². The molecular formula is C14H22N2. The summed E-state index contributed by atoms with van der Waals surface area (Å²) >= 11 is 0. The highest BCUT2D eigenvalue weighted by molar-refractivity contribution is 6.02. The number of anilines is 1. The van der Waals surface area contributed by atoms with Crippen molar-refractivity contribution in [3.63, 3.8) is 0 Å². The topological polar surface area (TPSA) is 49.9 Å². The Kier molecular flexibility index (Phi) is 4.53. The van der Waals surface area contributed by atoms with E-state index in [1.807, 2.05) is 24.3 Å². The second-order valence-corrected chi connectivity index (χ2v) is 5.00. The molecule has 0 bridgehead atoms. The molecule has 0 saturated carbocycles. The van der Waals surface area contributed by atoms with Gasteiger partial charge in [0.05, 0.1) is 0 Å². The molecule has 0 amide bonds. The number of nitrogen functional groups attached to an aromatic ring is 1. The maximum Gasteiger partial charge on any atom is 0.0409 e. The molecular weight excluding hydrogens is 196 g/mol. The van der Waals surface area contributed by atoms with Crippen LogP contribution in [-0.2, 0) is 0 Å². The van der Waals surface area contributed by atoms with E-state index >= 15 is 0 Å². The van der Waals surface area contributed by atoms with Gasteiger partial charge in [0.15, 0.2) is 0 Å². The Morgan fingerprint density at radius 2 is 1.88 bits per heavy atom. The number of benzene rings is 1. The first-order chi connectivity index (χ1) is 7.50. The van der Waals surface area contributed by atoms with Crippen LogP contribution in [0.2, 0.25) is 0 Å². The Labute approximate surface area is 98.4 Å². The Hall–Kier alpha value is -1.31. The first-order valence-corrected chi connectivity index (χ1v) is 5.93. The lowest BCUT2D eigenvalue weighted by molar-refractivity contribution is 0.450. The smallest absolute Gasteiger partial charge is 0.0409 e. The van der Waals surface area contributed by atoms with Gasteiger partial charge in [-0.05, 0) is 30.7 Å². The van der Waals surface area contributed by atoms with Crippen molar-refractivity contribution in [3.05, 3.63) is 29.8 Å². The molecule has 1 rings (SSSR count). The van der Waals surface area contributed by atoms with Crippen molar-refractivity contribution in [2.75, 3.05) is 5.73 Å². The number of rotatable bonds is 5. The van der Waals surface area contributed by atoms with E-state index < -0.39 is 0 Å². The van der Waals surface area contributed by atoms with E-state index in [0.29, 0.717) is 23.2 Å². The van der Waals surface area contributed by atoms with Crippen LogP contribution in [0, 0.1) is 17.2 Å². The minimum Gasteiger partial charge on any atom is -0.398 e. The fraction of sp³-hybridized carbons (Fsp3) is 0.500. The Bertz CT molecular complexity index is 356. The van der Waals surface area contributed by atoms with Crippen LogP contribution in [0.3, 0.4) is 0 Å². The number of hydrogen-bond donors (Lipinski definition) is 2. The zero-order valence-corrected chi connectivity index (χ0v) is 10.5. The quantitative estimate of drug-likeness (QED) is 0.574. The summed E-state index contributed by atoms with van der Waals surface area (Å²) in [5.74, 6) is 1.24. The summed E-state index contributed by atoms with van der Waals surface area (Å²) in [5, 5.41) is 8.07. The lowest BCUT2D eigenvalue weighted by Gasteiger charge is -2.15. The normalized spacial score (nSPS) is 12.8. The maximum atomic E-state index is 8.07. The largest absolute Gasteiger partial charge is 0.398 e. The minimum atomic E-state index is 0.548. The average molecular weight is 218 g/mol. The van der Waals surface area contributed by atoms with Gasteiger partial charge in [-0.15, -0.1) is 0 Å². The van der Waals surface area contributed by atoms with E-state index in [1.54, 1.807) is 0 Å². The molecule has 0 fully saturated rings. The predicted molar refractivity (Wildman–Crippen MR) is 70.9 cm³/mol. The fourth-order valence-corrected chi connectivity index (χ4v) is 2.12. The molecule has 2 nitrogen and oxygen atoms in total. The maximum absolute atomic E-state index is 8.07. The monoisotopic (exact) mass is 218 g/mol. The minimum absolute atomic E-state index is 0.548. The van der Waals surface area contributed by atoms with Crippen LogP contribution in [0.15, 0.2) is 24.3 Å². The van der Waals surface area contributed by atoms with Gasteiger partial charge in [0.1, 0.15) is 0 Å². The second kappa shape index (κ2) is 5.69. The summed E-state index contributed by atoms with van der Waals surface area (Å²) in [6.07, 6.45) is 1.97. The summed E-state index contributed by atoms with van der Waals surface area (Å²) in [7, 11) is 0. The van der Waals surface area contributed by atoms with Gasteiger partial charge in [-0.1, -0.05) is 39.0 Å². The van der Waals surface area contributed by atoms with Gasteiger partial charge >= 0.3 is 0 Å². The van der Waals surface area contributed by atoms with Crippen LogP contribution in [0.5, 0.6) is 0 Å². The van der Waals surface area contributed by atoms with Gasteiger partial charge in [0.2, 0.25) is 0 Å².